The zero-order valence-electron chi connectivity index (χ0n) is 13.0. The number of halogens is 6. The topological polar surface area (TPSA) is 55.8 Å². The Balaban J connectivity index is 2.02. The van der Waals surface area contributed by atoms with E-state index in [0.29, 0.717) is 0 Å². The monoisotopic (exact) mass is 422 g/mol. The molecular formula is C17H8Cl2F4O4. The van der Waals surface area contributed by atoms with Crippen LogP contribution in [0.3, 0.4) is 0 Å². The van der Waals surface area contributed by atoms with Crippen LogP contribution in [-0.2, 0) is 4.79 Å². The Labute approximate surface area is 159 Å². The van der Waals surface area contributed by atoms with Gasteiger partial charge in [-0.3, -0.25) is 0 Å². The molecule has 0 saturated heterocycles. The molecule has 10 heteroatoms. The molecule has 2 aromatic rings. The molecule has 0 amide bonds. The number of alkyl halides is 3. The summed E-state index contributed by atoms with van der Waals surface area (Å²) in [6, 6.07) is 5.75. The summed E-state index contributed by atoms with van der Waals surface area (Å²) < 4.78 is 63.3. The third-order valence-electron chi connectivity index (χ3n) is 3.56. The molecule has 27 heavy (non-hydrogen) atoms. The Bertz CT molecular complexity index is 957. The Morgan fingerprint density at radius 3 is 2.44 bits per heavy atom. The third kappa shape index (κ3) is 3.96. The molecule has 4 nitrogen and oxygen atoms in total. The number of fused-ring (bicyclic) bond motifs is 1. The highest BCUT2D eigenvalue weighted by Gasteiger charge is 2.48. The maximum absolute atomic E-state index is 13.9. The van der Waals surface area contributed by atoms with E-state index in [0.717, 1.165) is 24.3 Å². The summed E-state index contributed by atoms with van der Waals surface area (Å²) in [4.78, 5) is 11.1. The molecule has 142 valence electrons. The van der Waals surface area contributed by atoms with Crippen LogP contribution in [0.5, 0.6) is 17.2 Å². The highest BCUT2D eigenvalue weighted by molar-refractivity contribution is 6.32. The van der Waals surface area contributed by atoms with Gasteiger partial charge in [0.15, 0.2) is 11.6 Å². The van der Waals surface area contributed by atoms with Crippen LogP contribution in [0.4, 0.5) is 17.6 Å². The normalized spacial score (nSPS) is 16.2. The van der Waals surface area contributed by atoms with Crippen molar-refractivity contribution in [2.75, 3.05) is 0 Å². The lowest BCUT2D eigenvalue weighted by molar-refractivity contribution is -0.187. The van der Waals surface area contributed by atoms with E-state index in [9.17, 15) is 22.4 Å². The number of carboxylic acid groups (broad SMARTS) is 1. The van der Waals surface area contributed by atoms with Gasteiger partial charge in [0, 0.05) is 16.7 Å². The van der Waals surface area contributed by atoms with E-state index in [-0.39, 0.29) is 32.9 Å². The van der Waals surface area contributed by atoms with Crippen molar-refractivity contribution < 1.29 is 36.9 Å². The van der Waals surface area contributed by atoms with Gasteiger partial charge in [0.2, 0.25) is 6.10 Å². The van der Waals surface area contributed by atoms with Gasteiger partial charge in [0.1, 0.15) is 11.5 Å². The highest BCUT2D eigenvalue weighted by Crippen LogP contribution is 2.42. The van der Waals surface area contributed by atoms with E-state index in [1.54, 1.807) is 0 Å². The Morgan fingerprint density at radius 2 is 1.85 bits per heavy atom. The first kappa shape index (κ1) is 19.3. The van der Waals surface area contributed by atoms with E-state index in [1.807, 2.05) is 0 Å². The van der Waals surface area contributed by atoms with Gasteiger partial charge in [-0.15, -0.1) is 0 Å². The van der Waals surface area contributed by atoms with Crippen molar-refractivity contribution in [3.8, 4) is 17.2 Å². The third-order valence-corrected chi connectivity index (χ3v) is 4.09. The molecule has 0 bridgehead atoms. The minimum Gasteiger partial charge on any atom is -0.478 e. The van der Waals surface area contributed by atoms with Crippen LogP contribution in [0.2, 0.25) is 10.0 Å². The lowest BCUT2D eigenvalue weighted by Gasteiger charge is -2.27. The van der Waals surface area contributed by atoms with Crippen molar-refractivity contribution >= 4 is 35.2 Å². The van der Waals surface area contributed by atoms with E-state index in [1.165, 1.54) is 12.1 Å². The molecular weight excluding hydrogens is 415 g/mol. The number of benzene rings is 2. The summed E-state index contributed by atoms with van der Waals surface area (Å²) in [5.74, 6) is -3.33. The Morgan fingerprint density at radius 1 is 1.15 bits per heavy atom. The van der Waals surface area contributed by atoms with Crippen LogP contribution >= 0.6 is 23.2 Å². The number of hydrogen-bond acceptors (Lipinski definition) is 3. The molecule has 1 aliphatic rings. The number of ether oxygens (including phenoxy) is 2. The summed E-state index contributed by atoms with van der Waals surface area (Å²) >= 11 is 11.7. The number of rotatable bonds is 3. The zero-order chi connectivity index (χ0) is 19.9. The second-order valence-corrected chi connectivity index (χ2v) is 6.29. The van der Waals surface area contributed by atoms with Gasteiger partial charge in [-0.1, -0.05) is 23.2 Å². The molecule has 0 aliphatic carbocycles. The molecule has 0 saturated carbocycles. The first-order valence-electron chi connectivity index (χ1n) is 7.21. The predicted octanol–water partition coefficient (Wildman–Crippen LogP) is 5.72. The zero-order valence-corrected chi connectivity index (χ0v) is 14.5. The molecule has 1 heterocycles. The van der Waals surface area contributed by atoms with Gasteiger partial charge < -0.3 is 14.6 Å². The Kier molecular flexibility index (Phi) is 4.96. The summed E-state index contributed by atoms with van der Waals surface area (Å²) in [5, 5.41) is 9.05. The Hall–Kier alpha value is -2.45. The summed E-state index contributed by atoms with van der Waals surface area (Å²) in [6.45, 7) is 0. The van der Waals surface area contributed by atoms with Gasteiger partial charge in [-0.2, -0.15) is 13.2 Å². The average molecular weight is 423 g/mol. The minimum absolute atomic E-state index is 0.0156. The van der Waals surface area contributed by atoms with Gasteiger partial charge in [-0.25, -0.2) is 9.18 Å². The van der Waals surface area contributed by atoms with Crippen LogP contribution in [0.1, 0.15) is 5.56 Å². The minimum atomic E-state index is -4.95. The van der Waals surface area contributed by atoms with Crippen molar-refractivity contribution in [2.24, 2.45) is 0 Å². The SMILES string of the molecule is O=C(O)C1=Cc2cc(Cl)c(Oc3ccc(Cl)cc3F)cc2OC1C(F)(F)F. The van der Waals surface area contributed by atoms with Crippen molar-refractivity contribution in [2.45, 2.75) is 12.3 Å². The van der Waals surface area contributed by atoms with Crippen LogP contribution in [0, 0.1) is 5.82 Å². The summed E-state index contributed by atoms with van der Waals surface area (Å²) in [7, 11) is 0. The van der Waals surface area contributed by atoms with Crippen molar-refractivity contribution in [3.63, 3.8) is 0 Å². The van der Waals surface area contributed by atoms with Crippen LogP contribution in [-0.4, -0.2) is 23.4 Å². The predicted molar refractivity (Wildman–Crippen MR) is 89.0 cm³/mol. The molecule has 1 aliphatic heterocycles. The number of aliphatic carboxylic acids is 1. The second-order valence-electron chi connectivity index (χ2n) is 5.44. The fraction of sp³-hybridized carbons (Fsp3) is 0.118. The maximum Gasteiger partial charge on any atom is 0.430 e. The maximum atomic E-state index is 13.9. The molecule has 0 aromatic heterocycles. The number of carboxylic acids is 1. The van der Waals surface area contributed by atoms with E-state index in [2.05, 4.69) is 0 Å². The molecule has 1 atom stereocenters. The largest absolute Gasteiger partial charge is 0.478 e. The first-order chi connectivity index (χ1) is 12.6. The lowest BCUT2D eigenvalue weighted by atomic mass is 10.0. The number of hydrogen-bond donors (Lipinski definition) is 1. The quantitative estimate of drug-likeness (QED) is 0.643. The fourth-order valence-corrected chi connectivity index (χ4v) is 2.74. The number of carbonyl (C=O) groups is 1. The van der Waals surface area contributed by atoms with Crippen molar-refractivity contribution in [3.05, 3.63) is 57.3 Å². The first-order valence-corrected chi connectivity index (χ1v) is 7.96. The van der Waals surface area contributed by atoms with Gasteiger partial charge >= 0.3 is 12.1 Å². The summed E-state index contributed by atoms with van der Waals surface area (Å²) in [5.41, 5.74) is -0.967. The van der Waals surface area contributed by atoms with E-state index >= 15 is 0 Å². The van der Waals surface area contributed by atoms with Gasteiger partial charge in [0.25, 0.3) is 0 Å². The molecule has 0 radical (unpaired) electrons. The molecule has 0 fully saturated rings. The average Bonchev–Trinajstić information content (AvgIpc) is 2.55. The molecule has 1 unspecified atom stereocenters. The lowest BCUT2D eigenvalue weighted by Crippen LogP contribution is -2.40. The molecule has 3 rings (SSSR count). The molecule has 2 aromatic carbocycles. The van der Waals surface area contributed by atoms with Crippen LogP contribution < -0.4 is 9.47 Å². The van der Waals surface area contributed by atoms with Gasteiger partial charge in [0.05, 0.1) is 10.6 Å². The van der Waals surface area contributed by atoms with Gasteiger partial charge in [-0.05, 0) is 30.3 Å². The van der Waals surface area contributed by atoms with E-state index < -0.39 is 29.6 Å². The molecule has 0 spiro atoms. The van der Waals surface area contributed by atoms with Crippen molar-refractivity contribution in [1.29, 1.82) is 0 Å². The fourth-order valence-electron chi connectivity index (χ4n) is 2.37. The smallest absolute Gasteiger partial charge is 0.430 e. The van der Waals surface area contributed by atoms with E-state index in [4.69, 9.17) is 37.8 Å². The molecule has 1 N–H and O–H groups in total. The van der Waals surface area contributed by atoms with Crippen molar-refractivity contribution in [1.82, 2.24) is 0 Å². The van der Waals surface area contributed by atoms with Crippen LogP contribution in [0.25, 0.3) is 6.08 Å². The second kappa shape index (κ2) is 6.94. The highest BCUT2D eigenvalue weighted by atomic mass is 35.5. The van der Waals surface area contributed by atoms with Crippen LogP contribution in [0.15, 0.2) is 35.9 Å². The standard InChI is InChI=1S/C17H8Cl2F4O4/c18-8-1-2-12(11(20)5-8)26-14-6-13-7(4-10(14)19)3-9(16(24)25)15(27-13)17(21,22)23/h1-6,15H,(H,24,25). The summed E-state index contributed by atoms with van der Waals surface area (Å²) in [6.07, 6.45) is -6.80.